The summed E-state index contributed by atoms with van der Waals surface area (Å²) in [6.07, 6.45) is 2.18. The lowest BCUT2D eigenvalue weighted by Gasteiger charge is -2.22. The van der Waals surface area contributed by atoms with E-state index < -0.39 is 0 Å². The maximum Gasteiger partial charge on any atom is 0.161 e. The highest BCUT2D eigenvalue weighted by molar-refractivity contribution is 5.42. The molecule has 0 aromatic heterocycles. The number of ether oxygens (including phenoxy) is 3. The van der Waals surface area contributed by atoms with Gasteiger partial charge in [-0.3, -0.25) is 0 Å². The summed E-state index contributed by atoms with van der Waals surface area (Å²) < 4.78 is 16.5. The number of benzene rings is 1. The fourth-order valence-corrected chi connectivity index (χ4v) is 2.01. The Labute approximate surface area is 103 Å². The third-order valence-corrected chi connectivity index (χ3v) is 3.13. The highest BCUT2D eigenvalue weighted by Gasteiger charge is 2.15. The van der Waals surface area contributed by atoms with Gasteiger partial charge in [-0.2, -0.15) is 0 Å². The summed E-state index contributed by atoms with van der Waals surface area (Å²) in [7, 11) is 1.68. The van der Waals surface area contributed by atoms with Crippen LogP contribution in [0.2, 0.25) is 0 Å². The van der Waals surface area contributed by atoms with Gasteiger partial charge in [0.1, 0.15) is 0 Å². The minimum Gasteiger partial charge on any atom is -0.493 e. The SMILES string of the molecule is COc1cc(C)ccc1OCC1CCOCC1. The third-order valence-electron chi connectivity index (χ3n) is 3.13. The maximum atomic E-state index is 5.84. The van der Waals surface area contributed by atoms with E-state index in [9.17, 15) is 0 Å². The second kappa shape index (κ2) is 5.92. The summed E-state index contributed by atoms with van der Waals surface area (Å²) in [6.45, 7) is 4.52. The molecule has 0 saturated carbocycles. The average Bonchev–Trinajstić information content (AvgIpc) is 2.38. The van der Waals surface area contributed by atoms with Gasteiger partial charge in [0.2, 0.25) is 0 Å². The van der Waals surface area contributed by atoms with Crippen molar-refractivity contribution in [3.8, 4) is 11.5 Å². The predicted molar refractivity (Wildman–Crippen MR) is 66.8 cm³/mol. The molecule has 3 heteroatoms. The van der Waals surface area contributed by atoms with Gasteiger partial charge in [-0.05, 0) is 43.4 Å². The second-order valence-corrected chi connectivity index (χ2v) is 4.52. The molecular weight excluding hydrogens is 216 g/mol. The molecule has 1 aromatic rings. The van der Waals surface area contributed by atoms with Crippen LogP contribution in [0.1, 0.15) is 18.4 Å². The van der Waals surface area contributed by atoms with E-state index in [1.807, 2.05) is 25.1 Å². The van der Waals surface area contributed by atoms with Gasteiger partial charge in [0, 0.05) is 13.2 Å². The van der Waals surface area contributed by atoms with Crippen LogP contribution in [0.15, 0.2) is 18.2 Å². The fraction of sp³-hybridized carbons (Fsp3) is 0.571. The van der Waals surface area contributed by atoms with Gasteiger partial charge in [0.15, 0.2) is 11.5 Å². The van der Waals surface area contributed by atoms with Crippen LogP contribution in [0, 0.1) is 12.8 Å². The molecule has 0 amide bonds. The zero-order valence-corrected chi connectivity index (χ0v) is 10.6. The first-order valence-corrected chi connectivity index (χ1v) is 6.15. The molecule has 0 aliphatic carbocycles. The molecule has 1 aliphatic heterocycles. The lowest BCUT2D eigenvalue weighted by molar-refractivity contribution is 0.0493. The minimum atomic E-state index is 0.606. The van der Waals surface area contributed by atoms with E-state index in [1.165, 1.54) is 5.56 Å². The van der Waals surface area contributed by atoms with E-state index in [1.54, 1.807) is 7.11 Å². The van der Waals surface area contributed by atoms with E-state index in [0.29, 0.717) is 5.92 Å². The summed E-state index contributed by atoms with van der Waals surface area (Å²) in [4.78, 5) is 0. The molecule has 0 N–H and O–H groups in total. The van der Waals surface area contributed by atoms with Crippen LogP contribution >= 0.6 is 0 Å². The first-order chi connectivity index (χ1) is 8.29. The Kier molecular flexibility index (Phi) is 4.26. The molecule has 0 bridgehead atoms. The summed E-state index contributed by atoms with van der Waals surface area (Å²) in [5, 5.41) is 0. The van der Waals surface area contributed by atoms with Crippen LogP contribution in [-0.4, -0.2) is 26.9 Å². The van der Waals surface area contributed by atoms with Gasteiger partial charge in [0.25, 0.3) is 0 Å². The number of hydrogen-bond donors (Lipinski definition) is 0. The molecule has 1 aliphatic rings. The molecule has 2 rings (SSSR count). The fourth-order valence-electron chi connectivity index (χ4n) is 2.01. The van der Waals surface area contributed by atoms with E-state index in [-0.39, 0.29) is 0 Å². The Morgan fingerprint density at radius 1 is 1.24 bits per heavy atom. The molecule has 0 radical (unpaired) electrons. The molecule has 1 heterocycles. The molecule has 17 heavy (non-hydrogen) atoms. The van der Waals surface area contributed by atoms with Crippen molar-refractivity contribution >= 4 is 0 Å². The molecule has 0 spiro atoms. The molecule has 1 aromatic carbocycles. The van der Waals surface area contributed by atoms with Crippen LogP contribution < -0.4 is 9.47 Å². The maximum absolute atomic E-state index is 5.84. The standard InChI is InChI=1S/C14H20O3/c1-11-3-4-13(14(9-11)15-2)17-10-12-5-7-16-8-6-12/h3-4,9,12H,5-8,10H2,1-2H3. The van der Waals surface area contributed by atoms with Crippen LogP contribution in [0.25, 0.3) is 0 Å². The van der Waals surface area contributed by atoms with Crippen LogP contribution in [0.4, 0.5) is 0 Å². The van der Waals surface area contributed by atoms with E-state index >= 15 is 0 Å². The van der Waals surface area contributed by atoms with Gasteiger partial charge < -0.3 is 14.2 Å². The molecule has 1 saturated heterocycles. The van der Waals surface area contributed by atoms with Crippen LogP contribution in [0.5, 0.6) is 11.5 Å². The van der Waals surface area contributed by atoms with Gasteiger partial charge in [-0.15, -0.1) is 0 Å². The quantitative estimate of drug-likeness (QED) is 0.804. The zero-order valence-electron chi connectivity index (χ0n) is 10.6. The molecular formula is C14H20O3. The largest absolute Gasteiger partial charge is 0.493 e. The lowest BCUT2D eigenvalue weighted by atomic mass is 10.0. The number of rotatable bonds is 4. The summed E-state index contributed by atoms with van der Waals surface area (Å²) >= 11 is 0. The van der Waals surface area contributed by atoms with Crippen molar-refractivity contribution in [2.75, 3.05) is 26.9 Å². The monoisotopic (exact) mass is 236 g/mol. The van der Waals surface area contributed by atoms with E-state index in [0.717, 1.165) is 44.2 Å². The minimum absolute atomic E-state index is 0.606. The Bertz CT molecular complexity index is 356. The summed E-state index contributed by atoms with van der Waals surface area (Å²) in [6, 6.07) is 6.02. The molecule has 94 valence electrons. The molecule has 3 nitrogen and oxygen atoms in total. The normalized spacial score (nSPS) is 16.8. The van der Waals surface area contributed by atoms with Crippen molar-refractivity contribution in [3.63, 3.8) is 0 Å². The summed E-state index contributed by atoms with van der Waals surface area (Å²) in [5.74, 6) is 2.26. The van der Waals surface area contributed by atoms with Gasteiger partial charge in [-0.1, -0.05) is 6.07 Å². The first kappa shape index (κ1) is 12.2. The van der Waals surface area contributed by atoms with Crippen molar-refractivity contribution in [3.05, 3.63) is 23.8 Å². The predicted octanol–water partition coefficient (Wildman–Crippen LogP) is 2.81. The Morgan fingerprint density at radius 3 is 2.71 bits per heavy atom. The van der Waals surface area contributed by atoms with Crippen molar-refractivity contribution in [1.29, 1.82) is 0 Å². The summed E-state index contributed by atoms with van der Waals surface area (Å²) in [5.41, 5.74) is 1.18. The van der Waals surface area contributed by atoms with Crippen molar-refractivity contribution in [1.82, 2.24) is 0 Å². The number of hydrogen-bond acceptors (Lipinski definition) is 3. The lowest BCUT2D eigenvalue weighted by Crippen LogP contribution is -2.21. The Balaban J connectivity index is 1.93. The smallest absolute Gasteiger partial charge is 0.161 e. The van der Waals surface area contributed by atoms with Crippen LogP contribution in [-0.2, 0) is 4.74 Å². The number of methoxy groups -OCH3 is 1. The zero-order chi connectivity index (χ0) is 12.1. The van der Waals surface area contributed by atoms with Crippen molar-refractivity contribution in [2.45, 2.75) is 19.8 Å². The van der Waals surface area contributed by atoms with Crippen LogP contribution in [0.3, 0.4) is 0 Å². The Hall–Kier alpha value is -1.22. The number of aryl methyl sites for hydroxylation is 1. The molecule has 1 fully saturated rings. The van der Waals surface area contributed by atoms with Gasteiger partial charge in [0.05, 0.1) is 13.7 Å². The van der Waals surface area contributed by atoms with E-state index in [4.69, 9.17) is 14.2 Å². The highest BCUT2D eigenvalue weighted by atomic mass is 16.5. The van der Waals surface area contributed by atoms with Crippen molar-refractivity contribution in [2.24, 2.45) is 5.92 Å². The molecule has 0 unspecified atom stereocenters. The van der Waals surface area contributed by atoms with Gasteiger partial charge in [-0.25, -0.2) is 0 Å². The second-order valence-electron chi connectivity index (χ2n) is 4.52. The first-order valence-electron chi connectivity index (χ1n) is 6.15. The highest BCUT2D eigenvalue weighted by Crippen LogP contribution is 2.28. The van der Waals surface area contributed by atoms with Gasteiger partial charge >= 0.3 is 0 Å². The third kappa shape index (κ3) is 3.37. The Morgan fingerprint density at radius 2 is 2.00 bits per heavy atom. The van der Waals surface area contributed by atoms with E-state index in [2.05, 4.69) is 0 Å². The molecule has 0 atom stereocenters. The van der Waals surface area contributed by atoms with Crippen molar-refractivity contribution < 1.29 is 14.2 Å². The average molecular weight is 236 g/mol. The topological polar surface area (TPSA) is 27.7 Å².